The summed E-state index contributed by atoms with van der Waals surface area (Å²) in [5.41, 5.74) is 1.84. The van der Waals surface area contributed by atoms with Gasteiger partial charge in [-0.1, -0.05) is 31.7 Å². The topological polar surface area (TPSA) is 49.4 Å². The molecule has 0 bridgehead atoms. The molecule has 1 aromatic rings. The zero-order valence-electron chi connectivity index (χ0n) is 13.9. The van der Waals surface area contributed by atoms with Crippen molar-refractivity contribution in [3.63, 3.8) is 0 Å². The maximum absolute atomic E-state index is 12.4. The number of carbonyl (C=O) groups excluding carboxylic acids is 2. The van der Waals surface area contributed by atoms with Crippen molar-refractivity contribution >= 4 is 33.4 Å². The van der Waals surface area contributed by atoms with Gasteiger partial charge in [-0.3, -0.25) is 9.59 Å². The summed E-state index contributed by atoms with van der Waals surface area (Å²) >= 11 is 3.49. The van der Waals surface area contributed by atoms with Gasteiger partial charge in [0.2, 0.25) is 11.8 Å². The number of hydrogen-bond donors (Lipinski definition) is 1. The molecule has 23 heavy (non-hydrogen) atoms. The molecule has 1 aliphatic carbocycles. The van der Waals surface area contributed by atoms with E-state index in [4.69, 9.17) is 0 Å². The predicted octanol–water partition coefficient (Wildman–Crippen LogP) is 3.95. The lowest BCUT2D eigenvalue weighted by atomic mass is 10.1. The number of nitrogens with zero attached hydrogens (tertiary/aromatic N) is 1. The van der Waals surface area contributed by atoms with Gasteiger partial charge in [0.05, 0.1) is 5.69 Å². The number of aryl methyl sites for hydroxylation is 1. The SMILES string of the molecule is CC(=O)N(CC(=O)NC1CCCCCC1)c1ccc(C)cc1Br. The highest BCUT2D eigenvalue weighted by atomic mass is 79.9. The van der Waals surface area contributed by atoms with Gasteiger partial charge in [0.1, 0.15) is 6.54 Å². The molecule has 0 atom stereocenters. The van der Waals surface area contributed by atoms with E-state index in [1.165, 1.54) is 37.5 Å². The van der Waals surface area contributed by atoms with Gasteiger partial charge in [-0.05, 0) is 53.4 Å². The van der Waals surface area contributed by atoms with Crippen LogP contribution in [0, 0.1) is 6.92 Å². The van der Waals surface area contributed by atoms with Crippen molar-refractivity contribution in [3.8, 4) is 0 Å². The van der Waals surface area contributed by atoms with Gasteiger partial charge >= 0.3 is 0 Å². The Balaban J connectivity index is 2.03. The van der Waals surface area contributed by atoms with Crippen LogP contribution in [-0.2, 0) is 9.59 Å². The highest BCUT2D eigenvalue weighted by molar-refractivity contribution is 9.10. The van der Waals surface area contributed by atoms with Crippen LogP contribution >= 0.6 is 15.9 Å². The van der Waals surface area contributed by atoms with Crippen LogP contribution in [0.5, 0.6) is 0 Å². The smallest absolute Gasteiger partial charge is 0.240 e. The Morgan fingerprint density at radius 3 is 2.43 bits per heavy atom. The highest BCUT2D eigenvalue weighted by Crippen LogP contribution is 2.27. The molecule has 0 aliphatic heterocycles. The maximum atomic E-state index is 12.4. The maximum Gasteiger partial charge on any atom is 0.240 e. The first-order valence-corrected chi connectivity index (χ1v) is 9.10. The average molecular weight is 381 g/mol. The fraction of sp³-hybridized carbons (Fsp3) is 0.556. The standard InChI is InChI=1S/C18H25BrN2O2/c1-13-9-10-17(16(19)11-13)21(14(2)22)12-18(23)20-15-7-5-3-4-6-8-15/h9-11,15H,3-8,12H2,1-2H3,(H,20,23). The van der Waals surface area contributed by atoms with Gasteiger partial charge in [-0.25, -0.2) is 0 Å². The van der Waals surface area contributed by atoms with Gasteiger partial charge in [0, 0.05) is 17.4 Å². The second kappa shape index (κ2) is 8.48. The minimum Gasteiger partial charge on any atom is -0.352 e. The third-order valence-electron chi connectivity index (χ3n) is 4.30. The van der Waals surface area contributed by atoms with Crippen LogP contribution in [0.15, 0.2) is 22.7 Å². The van der Waals surface area contributed by atoms with Crippen molar-refractivity contribution in [2.45, 2.75) is 58.4 Å². The Kier molecular flexibility index (Phi) is 6.63. The number of hydrogen-bond acceptors (Lipinski definition) is 2. The molecular formula is C18H25BrN2O2. The monoisotopic (exact) mass is 380 g/mol. The molecule has 0 heterocycles. The average Bonchev–Trinajstić information content (AvgIpc) is 2.74. The molecule has 2 amide bonds. The molecular weight excluding hydrogens is 356 g/mol. The van der Waals surface area contributed by atoms with Crippen LogP contribution in [0.2, 0.25) is 0 Å². The van der Waals surface area contributed by atoms with Gasteiger partial charge in [0.25, 0.3) is 0 Å². The fourth-order valence-electron chi connectivity index (χ4n) is 3.04. The summed E-state index contributed by atoms with van der Waals surface area (Å²) in [6.07, 6.45) is 6.93. The van der Waals surface area contributed by atoms with E-state index in [0.717, 1.165) is 28.6 Å². The normalized spacial score (nSPS) is 15.8. The quantitative estimate of drug-likeness (QED) is 0.803. The third kappa shape index (κ3) is 5.34. The van der Waals surface area contributed by atoms with Crippen molar-refractivity contribution in [2.75, 3.05) is 11.4 Å². The first kappa shape index (κ1) is 18.0. The Hall–Kier alpha value is -1.36. The van der Waals surface area contributed by atoms with Crippen molar-refractivity contribution in [1.82, 2.24) is 5.32 Å². The van der Waals surface area contributed by atoms with E-state index < -0.39 is 0 Å². The number of nitrogens with one attached hydrogen (secondary N) is 1. The largest absolute Gasteiger partial charge is 0.352 e. The Morgan fingerprint density at radius 2 is 1.87 bits per heavy atom. The molecule has 2 rings (SSSR count). The van der Waals surface area contributed by atoms with Crippen molar-refractivity contribution in [2.24, 2.45) is 0 Å². The minimum absolute atomic E-state index is 0.0630. The lowest BCUT2D eigenvalue weighted by Crippen LogP contribution is -2.43. The number of rotatable bonds is 4. The molecule has 1 N–H and O–H groups in total. The van der Waals surface area contributed by atoms with E-state index in [2.05, 4.69) is 21.2 Å². The van der Waals surface area contributed by atoms with E-state index in [0.29, 0.717) is 0 Å². The van der Waals surface area contributed by atoms with E-state index in [1.54, 1.807) is 0 Å². The molecule has 0 aromatic heterocycles. The minimum atomic E-state index is -0.134. The van der Waals surface area contributed by atoms with Crippen molar-refractivity contribution in [3.05, 3.63) is 28.2 Å². The first-order valence-electron chi connectivity index (χ1n) is 8.31. The Labute approximate surface area is 146 Å². The zero-order valence-corrected chi connectivity index (χ0v) is 15.5. The van der Waals surface area contributed by atoms with Crippen molar-refractivity contribution < 1.29 is 9.59 Å². The molecule has 0 radical (unpaired) electrons. The number of carbonyl (C=O) groups is 2. The van der Waals surface area contributed by atoms with Crippen LogP contribution in [0.4, 0.5) is 5.69 Å². The first-order chi connectivity index (χ1) is 11.0. The molecule has 1 aromatic carbocycles. The van der Waals surface area contributed by atoms with Crippen LogP contribution in [-0.4, -0.2) is 24.4 Å². The summed E-state index contributed by atoms with van der Waals surface area (Å²) in [5, 5.41) is 3.10. The summed E-state index contributed by atoms with van der Waals surface area (Å²) in [6.45, 7) is 3.55. The highest BCUT2D eigenvalue weighted by Gasteiger charge is 2.20. The van der Waals surface area contributed by atoms with Gasteiger partial charge in [-0.2, -0.15) is 0 Å². The van der Waals surface area contributed by atoms with Gasteiger partial charge in [-0.15, -0.1) is 0 Å². The molecule has 1 saturated carbocycles. The zero-order chi connectivity index (χ0) is 16.8. The van der Waals surface area contributed by atoms with E-state index in [1.807, 2.05) is 25.1 Å². The molecule has 0 saturated heterocycles. The van der Waals surface area contributed by atoms with Crippen molar-refractivity contribution in [1.29, 1.82) is 0 Å². The number of benzene rings is 1. The molecule has 1 aliphatic rings. The number of halogens is 1. The molecule has 0 spiro atoms. The van der Waals surface area contributed by atoms with Gasteiger partial charge in [0.15, 0.2) is 0 Å². The van der Waals surface area contributed by atoms with E-state index >= 15 is 0 Å². The fourth-order valence-corrected chi connectivity index (χ4v) is 3.74. The van der Waals surface area contributed by atoms with Crippen LogP contribution in [0.25, 0.3) is 0 Å². The second-order valence-corrected chi connectivity index (χ2v) is 7.17. The van der Waals surface area contributed by atoms with E-state index in [-0.39, 0.29) is 24.4 Å². The predicted molar refractivity (Wildman–Crippen MR) is 96.5 cm³/mol. The van der Waals surface area contributed by atoms with E-state index in [9.17, 15) is 9.59 Å². The van der Waals surface area contributed by atoms with Crippen LogP contribution < -0.4 is 10.2 Å². The molecule has 5 heteroatoms. The number of amides is 2. The lowest BCUT2D eigenvalue weighted by Gasteiger charge is -2.24. The number of anilines is 1. The van der Waals surface area contributed by atoms with Crippen LogP contribution in [0.3, 0.4) is 0 Å². The molecule has 1 fully saturated rings. The lowest BCUT2D eigenvalue weighted by molar-refractivity contribution is -0.123. The molecule has 4 nitrogen and oxygen atoms in total. The summed E-state index contributed by atoms with van der Waals surface area (Å²) < 4.78 is 0.829. The second-order valence-electron chi connectivity index (χ2n) is 6.32. The molecule has 0 unspecified atom stereocenters. The Morgan fingerprint density at radius 1 is 1.22 bits per heavy atom. The summed E-state index contributed by atoms with van der Waals surface area (Å²) in [4.78, 5) is 25.9. The third-order valence-corrected chi connectivity index (χ3v) is 4.93. The summed E-state index contributed by atoms with van der Waals surface area (Å²) in [5.74, 6) is -0.217. The Bertz CT molecular complexity index is 566. The summed E-state index contributed by atoms with van der Waals surface area (Å²) in [6, 6.07) is 6.02. The van der Waals surface area contributed by atoms with Crippen LogP contribution in [0.1, 0.15) is 51.0 Å². The molecule has 126 valence electrons. The summed E-state index contributed by atoms with van der Waals surface area (Å²) in [7, 11) is 0. The van der Waals surface area contributed by atoms with Gasteiger partial charge < -0.3 is 10.2 Å².